The molecule has 6 nitrogen and oxygen atoms in total. The lowest BCUT2D eigenvalue weighted by molar-refractivity contribution is 0.102. The SMILES string of the molecule is Cn1cnnc1Sc1ccccc1NC(=O)c1ccoc1Cl. The third kappa shape index (κ3) is 3.00. The summed E-state index contributed by atoms with van der Waals surface area (Å²) in [6, 6.07) is 8.96. The molecule has 3 aromatic rings. The van der Waals surface area contributed by atoms with E-state index >= 15 is 0 Å². The van der Waals surface area contributed by atoms with Crippen LogP contribution in [-0.4, -0.2) is 20.7 Å². The molecule has 0 atom stereocenters. The molecule has 0 fully saturated rings. The van der Waals surface area contributed by atoms with Crippen molar-refractivity contribution in [1.29, 1.82) is 0 Å². The first kappa shape index (κ1) is 14.7. The third-order valence-electron chi connectivity index (χ3n) is 2.87. The first-order valence-corrected chi connectivity index (χ1v) is 7.50. The van der Waals surface area contributed by atoms with E-state index in [0.29, 0.717) is 11.3 Å². The van der Waals surface area contributed by atoms with Crippen molar-refractivity contribution in [2.45, 2.75) is 10.1 Å². The minimum absolute atomic E-state index is 0.0657. The Hall–Kier alpha value is -2.25. The van der Waals surface area contributed by atoms with E-state index in [4.69, 9.17) is 16.0 Å². The number of aromatic nitrogens is 3. The Bertz CT molecular complexity index is 815. The highest BCUT2D eigenvalue weighted by atomic mass is 35.5. The van der Waals surface area contributed by atoms with Crippen molar-refractivity contribution in [3.63, 3.8) is 0 Å². The standard InChI is InChI=1S/C14H11ClN4O2S/c1-19-8-16-18-14(19)22-11-5-3-2-4-10(11)17-13(20)9-6-7-21-12(9)15/h2-8H,1H3,(H,17,20). The van der Waals surface area contributed by atoms with Crippen LogP contribution in [0.5, 0.6) is 0 Å². The Kier molecular flexibility index (Phi) is 4.17. The molecular weight excluding hydrogens is 324 g/mol. The zero-order chi connectivity index (χ0) is 15.5. The molecule has 2 aromatic heterocycles. The average Bonchev–Trinajstić information content (AvgIpc) is 3.10. The summed E-state index contributed by atoms with van der Waals surface area (Å²) in [4.78, 5) is 13.1. The molecule has 3 rings (SSSR count). The van der Waals surface area contributed by atoms with Gasteiger partial charge in [-0.25, -0.2) is 0 Å². The summed E-state index contributed by atoms with van der Waals surface area (Å²) < 4.78 is 6.73. The number of carbonyl (C=O) groups excluding carboxylic acids is 1. The van der Waals surface area contributed by atoms with Crippen LogP contribution in [0.3, 0.4) is 0 Å². The van der Waals surface area contributed by atoms with Crippen molar-refractivity contribution in [3.8, 4) is 0 Å². The molecule has 0 aliphatic carbocycles. The van der Waals surface area contributed by atoms with Crippen molar-refractivity contribution in [1.82, 2.24) is 14.8 Å². The predicted octanol–water partition coefficient (Wildman–Crippen LogP) is 3.47. The maximum atomic E-state index is 12.2. The van der Waals surface area contributed by atoms with Gasteiger partial charge < -0.3 is 14.3 Å². The zero-order valence-electron chi connectivity index (χ0n) is 11.5. The average molecular weight is 335 g/mol. The maximum Gasteiger partial charge on any atom is 0.260 e. The van der Waals surface area contributed by atoms with Gasteiger partial charge in [-0.2, -0.15) is 0 Å². The number of carbonyl (C=O) groups is 1. The Morgan fingerprint density at radius 2 is 2.18 bits per heavy atom. The summed E-state index contributed by atoms with van der Waals surface area (Å²) in [5, 5.41) is 11.5. The van der Waals surface area contributed by atoms with Gasteiger partial charge in [-0.15, -0.1) is 10.2 Å². The van der Waals surface area contributed by atoms with Gasteiger partial charge in [0.25, 0.3) is 5.91 Å². The lowest BCUT2D eigenvalue weighted by Crippen LogP contribution is -2.12. The summed E-state index contributed by atoms with van der Waals surface area (Å²) >= 11 is 7.23. The lowest BCUT2D eigenvalue weighted by Gasteiger charge is -2.09. The fourth-order valence-corrected chi connectivity index (χ4v) is 2.82. The molecule has 1 aromatic carbocycles. The zero-order valence-corrected chi connectivity index (χ0v) is 13.1. The highest BCUT2D eigenvalue weighted by molar-refractivity contribution is 7.99. The molecule has 0 unspecified atom stereocenters. The van der Waals surface area contributed by atoms with Gasteiger partial charge in [-0.05, 0) is 41.6 Å². The van der Waals surface area contributed by atoms with Crippen molar-refractivity contribution in [2.75, 3.05) is 5.32 Å². The smallest absolute Gasteiger partial charge is 0.260 e. The molecule has 0 bridgehead atoms. The van der Waals surface area contributed by atoms with Gasteiger partial charge in [0.05, 0.1) is 17.5 Å². The number of para-hydroxylation sites is 1. The van der Waals surface area contributed by atoms with Crippen molar-refractivity contribution < 1.29 is 9.21 Å². The number of hydrogen-bond acceptors (Lipinski definition) is 5. The van der Waals surface area contributed by atoms with Gasteiger partial charge >= 0.3 is 0 Å². The van der Waals surface area contributed by atoms with Gasteiger partial charge in [0.1, 0.15) is 6.33 Å². The minimum Gasteiger partial charge on any atom is -0.452 e. The molecule has 1 N–H and O–H groups in total. The Balaban J connectivity index is 1.84. The van der Waals surface area contributed by atoms with E-state index in [-0.39, 0.29) is 11.1 Å². The van der Waals surface area contributed by atoms with Crippen LogP contribution >= 0.6 is 23.4 Å². The summed E-state index contributed by atoms with van der Waals surface area (Å²) in [5.74, 6) is -0.329. The van der Waals surface area contributed by atoms with E-state index in [0.717, 1.165) is 10.1 Å². The van der Waals surface area contributed by atoms with Crippen LogP contribution in [0, 0.1) is 0 Å². The quantitative estimate of drug-likeness (QED) is 0.791. The number of nitrogens with zero attached hydrogens (tertiary/aromatic N) is 3. The fourth-order valence-electron chi connectivity index (χ4n) is 1.77. The van der Waals surface area contributed by atoms with Crippen LogP contribution in [-0.2, 0) is 7.05 Å². The molecule has 112 valence electrons. The molecule has 0 saturated heterocycles. The number of aryl methyl sites for hydroxylation is 1. The second-order valence-corrected chi connectivity index (χ2v) is 5.74. The summed E-state index contributed by atoms with van der Waals surface area (Å²) in [5.41, 5.74) is 0.956. The summed E-state index contributed by atoms with van der Waals surface area (Å²) in [7, 11) is 1.86. The Morgan fingerprint density at radius 3 is 2.86 bits per heavy atom. The van der Waals surface area contributed by atoms with E-state index < -0.39 is 0 Å². The molecule has 22 heavy (non-hydrogen) atoms. The highest BCUT2D eigenvalue weighted by Gasteiger charge is 2.15. The second kappa shape index (κ2) is 6.25. The van der Waals surface area contributed by atoms with E-state index in [1.54, 1.807) is 10.9 Å². The number of anilines is 1. The first-order valence-electron chi connectivity index (χ1n) is 6.30. The topological polar surface area (TPSA) is 73.0 Å². The molecular formula is C14H11ClN4O2S. The molecule has 1 amide bonds. The largest absolute Gasteiger partial charge is 0.452 e. The number of furan rings is 1. The number of benzene rings is 1. The number of amides is 1. The molecule has 0 radical (unpaired) electrons. The normalized spacial score (nSPS) is 10.6. The van der Waals surface area contributed by atoms with E-state index in [9.17, 15) is 4.79 Å². The number of nitrogens with one attached hydrogen (secondary N) is 1. The summed E-state index contributed by atoms with van der Waals surface area (Å²) in [6.45, 7) is 0. The van der Waals surface area contributed by atoms with Crippen LogP contribution < -0.4 is 5.32 Å². The number of rotatable bonds is 4. The summed E-state index contributed by atoms with van der Waals surface area (Å²) in [6.07, 6.45) is 2.99. The molecule has 2 heterocycles. The maximum absolute atomic E-state index is 12.2. The van der Waals surface area contributed by atoms with Gasteiger partial charge in [-0.3, -0.25) is 4.79 Å². The minimum atomic E-state index is -0.329. The van der Waals surface area contributed by atoms with Crippen LogP contribution in [0.2, 0.25) is 5.22 Å². The van der Waals surface area contributed by atoms with Gasteiger partial charge in [0.2, 0.25) is 5.22 Å². The second-order valence-electron chi connectivity index (χ2n) is 4.38. The molecule has 0 spiro atoms. The number of halogens is 1. The van der Waals surface area contributed by atoms with Crippen LogP contribution in [0.25, 0.3) is 0 Å². The highest BCUT2D eigenvalue weighted by Crippen LogP contribution is 2.32. The van der Waals surface area contributed by atoms with Gasteiger partial charge in [0, 0.05) is 11.9 Å². The Labute approximate surface area is 135 Å². The predicted molar refractivity (Wildman–Crippen MR) is 83.2 cm³/mol. The number of hydrogen-bond donors (Lipinski definition) is 1. The molecule has 0 saturated carbocycles. The van der Waals surface area contributed by atoms with Crippen LogP contribution in [0.15, 0.2) is 57.4 Å². The monoisotopic (exact) mass is 334 g/mol. The third-order valence-corrected chi connectivity index (χ3v) is 4.29. The van der Waals surface area contributed by atoms with E-state index in [1.165, 1.54) is 24.1 Å². The fraction of sp³-hybridized carbons (Fsp3) is 0.0714. The van der Waals surface area contributed by atoms with E-state index in [1.807, 2.05) is 31.3 Å². The van der Waals surface area contributed by atoms with Crippen molar-refractivity contribution in [2.24, 2.45) is 7.05 Å². The lowest BCUT2D eigenvalue weighted by atomic mass is 10.3. The van der Waals surface area contributed by atoms with Crippen molar-refractivity contribution in [3.05, 3.63) is 53.7 Å². The molecule has 0 aliphatic rings. The first-order chi connectivity index (χ1) is 10.6. The Morgan fingerprint density at radius 1 is 1.36 bits per heavy atom. The van der Waals surface area contributed by atoms with Crippen molar-refractivity contribution >= 4 is 35.0 Å². The molecule has 8 heteroatoms. The van der Waals surface area contributed by atoms with Crippen LogP contribution in [0.1, 0.15) is 10.4 Å². The molecule has 0 aliphatic heterocycles. The van der Waals surface area contributed by atoms with Crippen LogP contribution in [0.4, 0.5) is 5.69 Å². The van der Waals surface area contributed by atoms with Gasteiger partial charge in [0.15, 0.2) is 5.16 Å². The van der Waals surface area contributed by atoms with E-state index in [2.05, 4.69) is 15.5 Å². The van der Waals surface area contributed by atoms with Gasteiger partial charge in [-0.1, -0.05) is 12.1 Å².